The number of rotatable bonds is 6. The summed E-state index contributed by atoms with van der Waals surface area (Å²) in [5, 5.41) is 4.45. The van der Waals surface area contributed by atoms with Gasteiger partial charge in [0.1, 0.15) is 34.2 Å². The lowest BCUT2D eigenvalue weighted by Crippen LogP contribution is -2.22. The number of ether oxygens (including phenoxy) is 1. The molecule has 4 aliphatic rings. The summed E-state index contributed by atoms with van der Waals surface area (Å²) in [5.41, 5.74) is 19.0. The van der Waals surface area contributed by atoms with Crippen molar-refractivity contribution in [1.29, 1.82) is 0 Å². The third-order valence-electron chi connectivity index (χ3n) is 16.5. The molecule has 14 rings (SSSR count). The topological polar surface area (TPSA) is 42.0 Å². The molecule has 10 aromatic rings. The molecule has 0 radical (unpaired) electrons. The van der Waals surface area contributed by atoms with Crippen molar-refractivity contribution in [2.75, 3.05) is 9.80 Å². The number of hydrogen-bond donors (Lipinski definition) is 0. The van der Waals surface area contributed by atoms with Crippen LogP contribution in [0.15, 0.2) is 191 Å². The van der Waals surface area contributed by atoms with Gasteiger partial charge in [-0.25, -0.2) is 0 Å². The molecule has 2 unspecified atom stereocenters. The number of furan rings is 2. The van der Waals surface area contributed by atoms with E-state index in [0.29, 0.717) is 0 Å². The van der Waals surface area contributed by atoms with Crippen LogP contribution >= 0.6 is 0 Å². The molecule has 0 N–H and O–H groups in total. The summed E-state index contributed by atoms with van der Waals surface area (Å²) < 4.78 is 20.5. The summed E-state index contributed by atoms with van der Waals surface area (Å²) in [7, 11) is 0. The Hall–Kier alpha value is -7.76. The molecule has 2 aromatic heterocycles. The fourth-order valence-corrected chi connectivity index (χ4v) is 12.8. The first-order valence-corrected chi connectivity index (χ1v) is 25.9. The summed E-state index contributed by atoms with van der Waals surface area (Å²) in [4.78, 5) is 4.90. The first-order chi connectivity index (χ1) is 34.9. The summed E-state index contributed by atoms with van der Waals surface area (Å²) in [6.07, 6.45) is 13.1. The van der Waals surface area contributed by atoms with Crippen LogP contribution in [0.5, 0.6) is 5.75 Å². The van der Waals surface area contributed by atoms with Gasteiger partial charge in [0, 0.05) is 79.2 Å². The van der Waals surface area contributed by atoms with E-state index in [1.54, 1.807) is 0 Å². The minimum Gasteiger partial charge on any atom is -0.485 e. The smallest absolute Gasteiger partial charge is 0.145 e. The molecule has 1 spiro atoms. The number of nitrogens with zero attached hydrogens (tertiary/aromatic N) is 2. The number of allylic oxidation sites excluding steroid dienone is 2. The molecule has 3 heterocycles. The molecule has 72 heavy (non-hydrogen) atoms. The van der Waals surface area contributed by atoms with E-state index in [1.807, 2.05) is 6.07 Å². The van der Waals surface area contributed by atoms with Crippen molar-refractivity contribution in [3.05, 3.63) is 210 Å². The van der Waals surface area contributed by atoms with Gasteiger partial charge in [0.25, 0.3) is 0 Å². The molecule has 1 fully saturated rings. The maximum Gasteiger partial charge on any atom is 0.145 e. The highest BCUT2D eigenvalue weighted by atomic mass is 16.5. The minimum atomic E-state index is -0.218. The Morgan fingerprint density at radius 2 is 1.08 bits per heavy atom. The second-order valence-electron chi connectivity index (χ2n) is 22.8. The standard InChI is InChI=1S/C67H58N2O3/c1-65(2,3)41-21-25-43(26-22-41)68(46-29-32-50-48-15-7-10-18-57(48)70-60(50)38-46)45-31-34-52-54(37-45)67(35-13-14-36-67)55-40-56(63-53-17-9-12-20-59(53)72-64(63)62(52)55)69(44-27-23-42(24-28-44)66(4,5)6)47-30-33-51-49-16-8-11-19-58(49)71-61(51)39-47/h7-12,15-34,37-40,48,57H,13-14,35-36H2,1-6H3. The van der Waals surface area contributed by atoms with E-state index in [9.17, 15) is 0 Å². The highest BCUT2D eigenvalue weighted by Gasteiger charge is 2.48. The first-order valence-electron chi connectivity index (χ1n) is 25.9. The fourth-order valence-electron chi connectivity index (χ4n) is 12.8. The predicted octanol–water partition coefficient (Wildman–Crippen LogP) is 18.8. The van der Waals surface area contributed by atoms with Crippen LogP contribution in [0, 0.1) is 0 Å². The molecule has 1 saturated carbocycles. The van der Waals surface area contributed by atoms with Gasteiger partial charge in [-0.05, 0) is 130 Å². The number of anilines is 6. The summed E-state index contributed by atoms with van der Waals surface area (Å²) in [6, 6.07) is 58.7. The van der Waals surface area contributed by atoms with Gasteiger partial charge in [-0.3, -0.25) is 0 Å². The number of fused-ring (bicyclic) bond motifs is 15. The van der Waals surface area contributed by atoms with Crippen LogP contribution in [0.25, 0.3) is 55.0 Å². The van der Waals surface area contributed by atoms with Crippen molar-refractivity contribution in [3.8, 4) is 16.9 Å². The van der Waals surface area contributed by atoms with Crippen LogP contribution in [0.4, 0.5) is 34.1 Å². The van der Waals surface area contributed by atoms with E-state index in [-0.39, 0.29) is 28.3 Å². The Bertz CT molecular complexity index is 3880. The van der Waals surface area contributed by atoms with Gasteiger partial charge in [-0.2, -0.15) is 0 Å². The lowest BCUT2D eigenvalue weighted by Gasteiger charge is -2.32. The molecular weight excluding hydrogens is 881 g/mol. The Balaban J connectivity index is 0.987. The van der Waals surface area contributed by atoms with E-state index in [0.717, 1.165) is 109 Å². The van der Waals surface area contributed by atoms with E-state index in [2.05, 4.69) is 227 Å². The normalized spacial score (nSPS) is 17.5. The summed E-state index contributed by atoms with van der Waals surface area (Å²) in [6.45, 7) is 13.7. The van der Waals surface area contributed by atoms with Gasteiger partial charge in [0.2, 0.25) is 0 Å². The summed E-state index contributed by atoms with van der Waals surface area (Å²) in [5.74, 6) is 1.18. The van der Waals surface area contributed by atoms with E-state index in [1.165, 1.54) is 38.9 Å². The molecule has 2 atom stereocenters. The molecule has 0 amide bonds. The molecule has 5 heteroatoms. The van der Waals surface area contributed by atoms with Crippen molar-refractivity contribution < 1.29 is 13.6 Å². The summed E-state index contributed by atoms with van der Waals surface area (Å²) >= 11 is 0. The SMILES string of the molecule is CC(C)(C)c1ccc(N(c2ccc3c(c2)OC2C=CC=CC32)c2ccc3c(c2)C2(CCCC2)c2cc(N(c4ccc(C(C)(C)C)cc4)c4ccc5c(c4)oc4ccccc45)c4c(oc5ccccc54)c2-3)cc1. The Morgan fingerprint density at radius 1 is 0.500 bits per heavy atom. The Labute approximate surface area is 421 Å². The van der Waals surface area contributed by atoms with Crippen LogP contribution < -0.4 is 14.5 Å². The number of benzene rings is 8. The predicted molar refractivity (Wildman–Crippen MR) is 298 cm³/mol. The third-order valence-corrected chi connectivity index (χ3v) is 16.5. The van der Waals surface area contributed by atoms with Crippen molar-refractivity contribution in [1.82, 2.24) is 0 Å². The van der Waals surface area contributed by atoms with Crippen LogP contribution in [-0.4, -0.2) is 6.10 Å². The molecule has 1 aliphatic heterocycles. The lowest BCUT2D eigenvalue weighted by atomic mass is 9.76. The van der Waals surface area contributed by atoms with Gasteiger partial charge in [-0.1, -0.05) is 145 Å². The Morgan fingerprint density at radius 3 is 1.81 bits per heavy atom. The maximum atomic E-state index is 7.25. The zero-order chi connectivity index (χ0) is 48.7. The average Bonchev–Trinajstić information content (AvgIpc) is 4.22. The Kier molecular flexibility index (Phi) is 9.34. The molecule has 0 bridgehead atoms. The fraction of sp³-hybridized carbons (Fsp3) is 0.224. The van der Waals surface area contributed by atoms with Crippen LogP contribution in [-0.2, 0) is 16.2 Å². The number of hydrogen-bond acceptors (Lipinski definition) is 5. The van der Waals surface area contributed by atoms with Crippen LogP contribution in [0.3, 0.4) is 0 Å². The van der Waals surface area contributed by atoms with Gasteiger partial charge in [0.15, 0.2) is 0 Å². The van der Waals surface area contributed by atoms with Gasteiger partial charge in [0.05, 0.1) is 11.1 Å². The van der Waals surface area contributed by atoms with E-state index >= 15 is 0 Å². The van der Waals surface area contributed by atoms with Crippen molar-refractivity contribution in [3.63, 3.8) is 0 Å². The van der Waals surface area contributed by atoms with Gasteiger partial charge >= 0.3 is 0 Å². The molecule has 0 saturated heterocycles. The van der Waals surface area contributed by atoms with Gasteiger partial charge < -0.3 is 23.4 Å². The molecule has 8 aromatic carbocycles. The van der Waals surface area contributed by atoms with Crippen molar-refractivity contribution in [2.24, 2.45) is 0 Å². The second kappa shape index (κ2) is 15.6. The highest BCUT2D eigenvalue weighted by molar-refractivity contribution is 6.19. The van der Waals surface area contributed by atoms with Gasteiger partial charge in [-0.15, -0.1) is 0 Å². The van der Waals surface area contributed by atoms with Crippen LogP contribution in [0.2, 0.25) is 0 Å². The zero-order valence-electron chi connectivity index (χ0n) is 41.9. The first kappa shape index (κ1) is 43.1. The third kappa shape index (κ3) is 6.52. The molecule has 5 nitrogen and oxygen atoms in total. The monoisotopic (exact) mass is 938 g/mol. The van der Waals surface area contributed by atoms with E-state index < -0.39 is 0 Å². The average molecular weight is 939 g/mol. The minimum absolute atomic E-state index is 0.00508. The molecule has 3 aliphatic carbocycles. The van der Waals surface area contributed by atoms with Crippen LogP contribution in [0.1, 0.15) is 101 Å². The molecular formula is C67H58N2O3. The van der Waals surface area contributed by atoms with Crippen molar-refractivity contribution >= 4 is 78.0 Å². The van der Waals surface area contributed by atoms with Crippen molar-refractivity contribution in [2.45, 2.75) is 95.5 Å². The number of para-hydroxylation sites is 2. The lowest BCUT2D eigenvalue weighted by molar-refractivity contribution is 0.269. The largest absolute Gasteiger partial charge is 0.485 e. The zero-order valence-corrected chi connectivity index (χ0v) is 41.9. The highest BCUT2D eigenvalue weighted by Crippen LogP contribution is 2.62. The quantitative estimate of drug-likeness (QED) is 0.166. The van der Waals surface area contributed by atoms with E-state index in [4.69, 9.17) is 13.6 Å². The molecule has 354 valence electrons. The maximum absolute atomic E-state index is 7.25. The second-order valence-corrected chi connectivity index (χ2v) is 22.8.